The zero-order chi connectivity index (χ0) is 43.6. The van der Waals surface area contributed by atoms with Crippen LogP contribution in [0.3, 0.4) is 0 Å². The zero-order valence-corrected chi connectivity index (χ0v) is 49.6. The van der Waals surface area contributed by atoms with Gasteiger partial charge < -0.3 is 0 Å². The molecule has 0 N–H and O–H groups in total. The predicted octanol–water partition coefficient (Wildman–Crippen LogP) is 20.5. The van der Waals surface area contributed by atoms with Gasteiger partial charge >= 0.3 is 372 Å². The van der Waals surface area contributed by atoms with Crippen LogP contribution in [0.1, 0.15) is 272 Å². The summed E-state index contributed by atoms with van der Waals surface area (Å²) < 4.78 is 13.8. The molecule has 0 aliphatic heterocycles. The maximum absolute atomic E-state index is 2.87. The summed E-state index contributed by atoms with van der Waals surface area (Å²) in [6, 6.07) is 5.73. The fraction of sp³-hybridized carbons (Fsp3) is 0.857. The Kier molecular flexibility index (Phi) is 35.3. The van der Waals surface area contributed by atoms with E-state index >= 15 is 0 Å². The first-order chi connectivity index (χ1) is 29.4. The molecule has 0 spiro atoms. The molecular weight excluding hydrogens is 974 g/mol. The summed E-state index contributed by atoms with van der Waals surface area (Å²) in [6.45, 7) is 19.5. The van der Waals surface area contributed by atoms with E-state index in [9.17, 15) is 0 Å². The third-order valence-electron chi connectivity index (χ3n) is 14.5. The van der Waals surface area contributed by atoms with Crippen molar-refractivity contribution in [3.05, 3.63) is 23.3 Å². The van der Waals surface area contributed by atoms with Gasteiger partial charge in [-0.2, -0.15) is 0 Å². The normalized spacial score (nSPS) is 12.3. The Morgan fingerprint density at radius 3 is 0.733 bits per heavy atom. The Balaban J connectivity index is 2.57. The van der Waals surface area contributed by atoms with Crippen molar-refractivity contribution in [1.29, 1.82) is 0 Å². The first-order valence-electron chi connectivity index (χ1n) is 27.7. The fourth-order valence-corrected chi connectivity index (χ4v) is 53.5. The Labute approximate surface area is 395 Å². The molecule has 0 nitrogen and oxygen atoms in total. The Hall–Kier alpha value is 0.997. The monoisotopic (exact) mass is 1080 g/mol. The molecule has 0 amide bonds. The van der Waals surface area contributed by atoms with Gasteiger partial charge in [0.2, 0.25) is 0 Å². The summed E-state index contributed by atoms with van der Waals surface area (Å²) in [5.41, 5.74) is 3.75. The van der Waals surface area contributed by atoms with Crippen molar-refractivity contribution < 1.29 is 0 Å². The molecular formula is C56H106S2Sn2. The topological polar surface area (TPSA) is 0 Å². The molecule has 4 heteroatoms. The van der Waals surface area contributed by atoms with E-state index in [0.29, 0.717) is 0 Å². The molecule has 0 saturated heterocycles. The first-order valence-corrected chi connectivity index (χ1v) is 44.3. The van der Waals surface area contributed by atoms with Crippen LogP contribution < -0.4 is 5.79 Å². The van der Waals surface area contributed by atoms with Crippen molar-refractivity contribution in [2.45, 2.75) is 300 Å². The number of hydrogen-bond acceptors (Lipinski definition) is 2. The van der Waals surface area contributed by atoms with E-state index in [1.165, 1.54) is 218 Å². The van der Waals surface area contributed by atoms with E-state index in [4.69, 9.17) is 0 Å². The number of aryl methyl sites for hydroxylation is 2. The molecule has 2 aromatic heterocycles. The van der Waals surface area contributed by atoms with Crippen molar-refractivity contribution >= 4 is 65.2 Å². The third-order valence-corrected chi connectivity index (χ3v) is 54.0. The van der Waals surface area contributed by atoms with Crippen molar-refractivity contribution in [2.75, 3.05) is 0 Å². The van der Waals surface area contributed by atoms with Crippen molar-refractivity contribution in [2.24, 2.45) is 0 Å². The van der Waals surface area contributed by atoms with E-state index in [1.807, 2.05) is 11.1 Å². The van der Waals surface area contributed by atoms with Crippen LogP contribution in [-0.4, -0.2) is 36.8 Å². The zero-order valence-electron chi connectivity index (χ0n) is 42.3. The summed E-state index contributed by atoms with van der Waals surface area (Å²) in [6.07, 6.45) is 48.7. The minimum absolute atomic E-state index is 1.36. The Bertz CT molecular complexity index is 1120. The molecule has 350 valence electrons. The molecule has 60 heavy (non-hydrogen) atoms. The van der Waals surface area contributed by atoms with Crippen LogP contribution in [-0.2, 0) is 12.8 Å². The summed E-state index contributed by atoms with van der Waals surface area (Å²) in [5.74, 6) is 0. The van der Waals surface area contributed by atoms with Gasteiger partial charge in [0, 0.05) is 0 Å². The molecule has 0 aromatic carbocycles. The Morgan fingerprint density at radius 1 is 0.283 bits per heavy atom. The van der Waals surface area contributed by atoms with Crippen LogP contribution in [0.2, 0.25) is 26.6 Å². The molecule has 0 radical (unpaired) electrons. The van der Waals surface area contributed by atoms with Crippen LogP contribution in [0.5, 0.6) is 0 Å². The van der Waals surface area contributed by atoms with E-state index in [2.05, 4.69) is 96.0 Å². The molecule has 2 heterocycles. The van der Waals surface area contributed by atoms with Gasteiger partial charge in [-0.1, -0.05) is 26.7 Å². The van der Waals surface area contributed by atoms with E-state index in [1.54, 1.807) is 36.4 Å². The van der Waals surface area contributed by atoms with Crippen molar-refractivity contribution in [1.82, 2.24) is 0 Å². The van der Waals surface area contributed by atoms with Gasteiger partial charge in [0.1, 0.15) is 0 Å². The van der Waals surface area contributed by atoms with Crippen LogP contribution in [0, 0.1) is 0 Å². The average Bonchev–Trinajstić information content (AvgIpc) is 3.90. The quantitative estimate of drug-likeness (QED) is 0.0459. The van der Waals surface area contributed by atoms with Gasteiger partial charge in [-0.05, 0) is 0 Å². The predicted molar refractivity (Wildman–Crippen MR) is 288 cm³/mol. The number of unbranched alkanes of at least 4 members (excludes halogenated alkanes) is 24. The maximum atomic E-state index is 2.87. The summed E-state index contributed by atoms with van der Waals surface area (Å²) in [5, 5.41) is 0. The minimum atomic E-state index is -2.61. The molecule has 0 aliphatic rings. The SMILES string of the molecule is CCCCCCCCCCCCc1cc(-c2cc(CCCCCCCCCCCC)[c]([Sn]([CH2]CCC)([CH2]CCC)[CH2]CCC)s2)s[c]1[Sn]([CH2]CCC)([CH2]CCC)[CH2]CCC. The van der Waals surface area contributed by atoms with Gasteiger partial charge in [0.15, 0.2) is 0 Å². The number of rotatable bonds is 43. The van der Waals surface area contributed by atoms with Gasteiger partial charge in [0.25, 0.3) is 0 Å². The summed E-state index contributed by atoms with van der Waals surface area (Å²) in [7, 11) is 0. The second-order valence-electron chi connectivity index (χ2n) is 20.0. The second-order valence-corrected chi connectivity index (χ2v) is 50.2. The van der Waals surface area contributed by atoms with E-state index < -0.39 is 36.8 Å². The van der Waals surface area contributed by atoms with Gasteiger partial charge in [-0.3, -0.25) is 0 Å². The first kappa shape index (κ1) is 57.1. The number of hydrogen-bond donors (Lipinski definition) is 0. The van der Waals surface area contributed by atoms with Crippen molar-refractivity contribution in [3.63, 3.8) is 0 Å². The van der Waals surface area contributed by atoms with Crippen LogP contribution in [0.15, 0.2) is 12.1 Å². The van der Waals surface area contributed by atoms with Gasteiger partial charge in [-0.25, -0.2) is 0 Å². The standard InChI is InChI=1S/C32H52S2.6C4H9.2Sn/c1-3-5-7-9-11-13-15-17-19-21-23-29-25-31(33-27-29)32-26-30(28-34-32)24-22-20-18-16-14-12-10-8-6-4-2;6*1-3-4-2;;/h25-26H,3-24H2,1-2H3;6*1,3-4H2,2H3;;. The third kappa shape index (κ3) is 22.0. The Morgan fingerprint density at radius 2 is 0.500 bits per heavy atom. The number of thiophene rings is 2. The molecule has 0 saturated carbocycles. The molecule has 0 bridgehead atoms. The molecule has 2 aromatic rings. The second kappa shape index (κ2) is 37.1. The molecule has 0 aliphatic carbocycles. The van der Waals surface area contributed by atoms with Crippen LogP contribution in [0.4, 0.5) is 0 Å². The van der Waals surface area contributed by atoms with Crippen molar-refractivity contribution in [3.8, 4) is 9.75 Å². The van der Waals surface area contributed by atoms with Gasteiger partial charge in [-0.15, -0.1) is 0 Å². The van der Waals surface area contributed by atoms with E-state index in [-0.39, 0.29) is 0 Å². The molecule has 0 fully saturated rings. The summed E-state index contributed by atoms with van der Waals surface area (Å²) in [4.78, 5) is 3.44. The molecule has 0 unspecified atom stereocenters. The van der Waals surface area contributed by atoms with E-state index in [0.717, 1.165) is 0 Å². The molecule has 2 rings (SSSR count). The summed E-state index contributed by atoms with van der Waals surface area (Å²) >= 11 is -0.393. The van der Waals surface area contributed by atoms with Crippen LogP contribution >= 0.6 is 22.7 Å². The van der Waals surface area contributed by atoms with Crippen LogP contribution in [0.25, 0.3) is 9.75 Å². The molecule has 0 atom stereocenters. The average molecular weight is 1080 g/mol. The van der Waals surface area contributed by atoms with Gasteiger partial charge in [0.05, 0.1) is 0 Å². The fourth-order valence-electron chi connectivity index (χ4n) is 10.5.